The van der Waals surface area contributed by atoms with Crippen molar-refractivity contribution in [2.45, 2.75) is 26.4 Å². The van der Waals surface area contributed by atoms with E-state index < -0.39 is 0 Å². The Kier molecular flexibility index (Phi) is 5.43. The number of carbonyl (C=O) groups excluding carboxylic acids is 1. The highest BCUT2D eigenvalue weighted by Crippen LogP contribution is 2.09. The minimum atomic E-state index is -0.329. The molecule has 6 nitrogen and oxygen atoms in total. The van der Waals surface area contributed by atoms with Gasteiger partial charge in [-0.1, -0.05) is 43.3 Å². The Bertz CT molecular complexity index is 937. The van der Waals surface area contributed by atoms with E-state index in [0.717, 1.165) is 24.2 Å². The van der Waals surface area contributed by atoms with Gasteiger partial charge in [-0.3, -0.25) is 4.79 Å². The lowest BCUT2D eigenvalue weighted by atomic mass is 10.1. The number of nitrogens with one attached hydrogen (secondary N) is 1. The van der Waals surface area contributed by atoms with E-state index in [1.807, 2.05) is 43.4 Å². The molecule has 0 amide bonds. The van der Waals surface area contributed by atoms with E-state index in [1.54, 1.807) is 12.1 Å². The molecule has 6 heteroatoms. The molecule has 0 bridgehead atoms. The molecule has 0 fully saturated rings. The van der Waals surface area contributed by atoms with Gasteiger partial charge in [0.2, 0.25) is 0 Å². The topological polar surface area (TPSA) is 68.9 Å². The van der Waals surface area contributed by atoms with Crippen LogP contribution in [0.15, 0.2) is 59.7 Å². The van der Waals surface area contributed by atoms with Crippen molar-refractivity contribution < 1.29 is 4.79 Å². The Morgan fingerprint density at radius 2 is 1.69 bits per heavy atom. The third-order valence-corrected chi connectivity index (χ3v) is 4.31. The standard InChI is InChI=1S/C20H22N4O2/c1-3-15-4-8-17(9-5-15)19(25)13-24-20(26)23(14-22-24)18-10-6-16(7-11-18)12-21-2/h4-11,14,21H,3,12-13H2,1-2H3. The molecule has 0 atom stereocenters. The van der Waals surface area contributed by atoms with Gasteiger partial charge in [0.15, 0.2) is 5.78 Å². The zero-order chi connectivity index (χ0) is 18.5. The van der Waals surface area contributed by atoms with Crippen LogP contribution in [0.2, 0.25) is 0 Å². The Hall–Kier alpha value is -2.99. The van der Waals surface area contributed by atoms with Crippen molar-refractivity contribution in [3.63, 3.8) is 0 Å². The number of nitrogens with zero attached hydrogens (tertiary/aromatic N) is 3. The van der Waals surface area contributed by atoms with Gasteiger partial charge in [-0.05, 0) is 36.7 Å². The van der Waals surface area contributed by atoms with Gasteiger partial charge < -0.3 is 5.32 Å². The first-order valence-electron chi connectivity index (χ1n) is 8.63. The quantitative estimate of drug-likeness (QED) is 0.663. The summed E-state index contributed by atoms with van der Waals surface area (Å²) in [6.45, 7) is 2.75. The minimum absolute atomic E-state index is 0.0743. The van der Waals surface area contributed by atoms with Crippen LogP contribution in [0.3, 0.4) is 0 Å². The normalized spacial score (nSPS) is 10.8. The summed E-state index contributed by atoms with van der Waals surface area (Å²) in [5.74, 6) is -0.135. The van der Waals surface area contributed by atoms with Crippen LogP contribution in [0, 0.1) is 0 Å². The first-order valence-corrected chi connectivity index (χ1v) is 8.63. The highest BCUT2D eigenvalue weighted by molar-refractivity contribution is 5.95. The third kappa shape index (κ3) is 3.81. The molecule has 0 radical (unpaired) electrons. The summed E-state index contributed by atoms with van der Waals surface area (Å²) >= 11 is 0. The summed E-state index contributed by atoms with van der Waals surface area (Å²) in [6.07, 6.45) is 2.37. The number of hydrogen-bond acceptors (Lipinski definition) is 4. The molecule has 1 N–H and O–H groups in total. The van der Waals surface area contributed by atoms with Gasteiger partial charge in [-0.15, -0.1) is 0 Å². The minimum Gasteiger partial charge on any atom is -0.316 e. The van der Waals surface area contributed by atoms with Gasteiger partial charge in [0.25, 0.3) is 0 Å². The second kappa shape index (κ2) is 7.93. The first-order chi connectivity index (χ1) is 12.6. The van der Waals surface area contributed by atoms with Gasteiger partial charge in [0, 0.05) is 12.1 Å². The number of hydrogen-bond donors (Lipinski definition) is 1. The van der Waals surface area contributed by atoms with E-state index >= 15 is 0 Å². The Morgan fingerprint density at radius 1 is 1.04 bits per heavy atom. The van der Waals surface area contributed by atoms with Crippen LogP contribution in [0.5, 0.6) is 0 Å². The summed E-state index contributed by atoms with van der Waals surface area (Å²) in [5.41, 5.74) is 3.28. The predicted molar refractivity (Wildman–Crippen MR) is 101 cm³/mol. The summed E-state index contributed by atoms with van der Waals surface area (Å²) in [7, 11) is 1.88. The highest BCUT2D eigenvalue weighted by Gasteiger charge is 2.12. The number of aromatic nitrogens is 3. The summed E-state index contributed by atoms with van der Waals surface area (Å²) in [5, 5.41) is 7.16. The molecule has 134 valence electrons. The molecule has 0 unspecified atom stereocenters. The number of aryl methyl sites for hydroxylation is 1. The van der Waals surface area contributed by atoms with E-state index in [4.69, 9.17) is 0 Å². The van der Waals surface area contributed by atoms with Gasteiger partial charge in [-0.2, -0.15) is 5.10 Å². The molecule has 1 aromatic heterocycles. The van der Waals surface area contributed by atoms with Gasteiger partial charge in [0.05, 0.1) is 5.69 Å². The average molecular weight is 350 g/mol. The number of benzene rings is 2. The van der Waals surface area contributed by atoms with Crippen LogP contribution < -0.4 is 11.0 Å². The fourth-order valence-corrected chi connectivity index (χ4v) is 2.75. The van der Waals surface area contributed by atoms with Crippen molar-refractivity contribution in [1.29, 1.82) is 0 Å². The van der Waals surface area contributed by atoms with Crippen molar-refractivity contribution in [3.05, 3.63) is 82.0 Å². The van der Waals surface area contributed by atoms with E-state index in [0.29, 0.717) is 5.56 Å². The predicted octanol–water partition coefficient (Wildman–Crippen LogP) is 2.20. The fourth-order valence-electron chi connectivity index (χ4n) is 2.75. The molecule has 0 saturated heterocycles. The Morgan fingerprint density at radius 3 is 2.31 bits per heavy atom. The molecule has 0 aliphatic rings. The molecule has 1 heterocycles. The second-order valence-corrected chi connectivity index (χ2v) is 6.11. The van der Waals surface area contributed by atoms with Crippen molar-refractivity contribution in [1.82, 2.24) is 19.7 Å². The highest BCUT2D eigenvalue weighted by atomic mass is 16.2. The van der Waals surface area contributed by atoms with E-state index in [-0.39, 0.29) is 18.0 Å². The average Bonchev–Trinajstić information content (AvgIpc) is 3.03. The van der Waals surface area contributed by atoms with Crippen LogP contribution in [-0.4, -0.2) is 27.2 Å². The fraction of sp³-hybridized carbons (Fsp3) is 0.250. The Labute approximate surface area is 152 Å². The number of Topliss-reactive ketones (excluding diaryl/α,β-unsaturated/α-hetero) is 1. The molecule has 26 heavy (non-hydrogen) atoms. The van der Waals surface area contributed by atoms with Crippen LogP contribution in [0.1, 0.15) is 28.4 Å². The van der Waals surface area contributed by atoms with Crippen molar-refractivity contribution >= 4 is 5.78 Å². The maximum atomic E-state index is 12.5. The van der Waals surface area contributed by atoms with Crippen LogP contribution in [0.4, 0.5) is 0 Å². The molecule has 2 aromatic carbocycles. The van der Waals surface area contributed by atoms with Gasteiger partial charge in [0.1, 0.15) is 12.9 Å². The van der Waals surface area contributed by atoms with Crippen molar-refractivity contribution in [3.8, 4) is 5.69 Å². The van der Waals surface area contributed by atoms with E-state index in [2.05, 4.69) is 17.3 Å². The molecule has 3 aromatic rings. The Balaban J connectivity index is 1.77. The first kappa shape index (κ1) is 17.8. The maximum absolute atomic E-state index is 12.5. The van der Waals surface area contributed by atoms with Crippen molar-refractivity contribution in [2.75, 3.05) is 7.05 Å². The lowest BCUT2D eigenvalue weighted by molar-refractivity contribution is 0.0966. The second-order valence-electron chi connectivity index (χ2n) is 6.11. The van der Waals surface area contributed by atoms with Gasteiger partial charge >= 0.3 is 5.69 Å². The van der Waals surface area contributed by atoms with E-state index in [9.17, 15) is 9.59 Å². The molecule has 0 saturated carbocycles. The van der Waals surface area contributed by atoms with Gasteiger partial charge in [-0.25, -0.2) is 14.0 Å². The molecule has 3 rings (SSSR count). The third-order valence-electron chi connectivity index (χ3n) is 4.31. The number of ketones is 1. The van der Waals surface area contributed by atoms with Crippen LogP contribution in [-0.2, 0) is 19.5 Å². The monoisotopic (exact) mass is 350 g/mol. The number of rotatable bonds is 7. The molecule has 0 aliphatic carbocycles. The van der Waals surface area contributed by atoms with Crippen LogP contribution >= 0.6 is 0 Å². The summed E-state index contributed by atoms with van der Waals surface area (Å²) in [6, 6.07) is 15.1. The van der Waals surface area contributed by atoms with E-state index in [1.165, 1.54) is 21.1 Å². The maximum Gasteiger partial charge on any atom is 0.350 e. The lowest BCUT2D eigenvalue weighted by Gasteiger charge is -2.04. The summed E-state index contributed by atoms with van der Waals surface area (Å²) in [4.78, 5) is 25.0. The SMILES string of the molecule is CCc1ccc(C(=O)Cn2ncn(-c3ccc(CNC)cc3)c2=O)cc1. The van der Waals surface area contributed by atoms with Crippen LogP contribution in [0.25, 0.3) is 5.69 Å². The largest absolute Gasteiger partial charge is 0.350 e. The smallest absolute Gasteiger partial charge is 0.316 e. The molecule has 0 spiro atoms. The molecular weight excluding hydrogens is 328 g/mol. The zero-order valence-corrected chi connectivity index (χ0v) is 15.0. The lowest BCUT2D eigenvalue weighted by Crippen LogP contribution is -2.27. The molecule has 0 aliphatic heterocycles. The van der Waals surface area contributed by atoms with Crippen molar-refractivity contribution in [2.24, 2.45) is 0 Å². The number of carbonyl (C=O) groups is 1. The summed E-state index contributed by atoms with van der Waals surface area (Å²) < 4.78 is 2.63. The zero-order valence-electron chi connectivity index (χ0n) is 15.0. The molecular formula is C20H22N4O2.